The van der Waals surface area contributed by atoms with Gasteiger partial charge in [0, 0.05) is 12.5 Å². The van der Waals surface area contributed by atoms with Gasteiger partial charge in [0.25, 0.3) is 0 Å². The topological polar surface area (TPSA) is 75.7 Å². The fraction of sp³-hybridized carbons (Fsp3) is 0.571. The van der Waals surface area contributed by atoms with Crippen molar-refractivity contribution in [2.24, 2.45) is 0 Å². The molecule has 3 rings (SSSR count). The number of imide groups is 1. The summed E-state index contributed by atoms with van der Waals surface area (Å²) in [6.07, 6.45) is 7.63. The normalized spacial score (nSPS) is 21.4. The first-order valence-corrected chi connectivity index (χ1v) is 9.98. The Morgan fingerprint density at radius 3 is 2.37 bits per heavy atom. The van der Waals surface area contributed by atoms with Gasteiger partial charge in [0.1, 0.15) is 12.6 Å². The number of nitrogens with one attached hydrogen (secondary N) is 1. The van der Waals surface area contributed by atoms with Crippen LogP contribution >= 0.6 is 0 Å². The Morgan fingerprint density at radius 1 is 1.00 bits per heavy atom. The summed E-state index contributed by atoms with van der Waals surface area (Å²) in [5, 5.41) is 3.07. The smallest absolute Gasteiger partial charge is 0.417 e. The molecule has 2 aliphatic rings. The third-order valence-corrected chi connectivity index (χ3v) is 5.37. The van der Waals surface area contributed by atoms with Crippen molar-refractivity contribution < 1.29 is 19.1 Å². The summed E-state index contributed by atoms with van der Waals surface area (Å²) < 4.78 is 5.28. The molecule has 0 unspecified atom stereocenters. The molecule has 1 aliphatic heterocycles. The van der Waals surface area contributed by atoms with Gasteiger partial charge in [-0.05, 0) is 24.8 Å². The van der Waals surface area contributed by atoms with Crippen LogP contribution < -0.4 is 5.32 Å². The van der Waals surface area contributed by atoms with Crippen LogP contribution in [0.1, 0.15) is 63.4 Å². The molecule has 1 aromatic rings. The molecule has 1 heterocycles. The molecule has 3 amide bonds. The Bertz CT molecular complexity index is 653. The minimum absolute atomic E-state index is 0.0837. The number of likely N-dealkylation sites (tertiary alicyclic amines) is 1. The molecule has 0 radical (unpaired) electrons. The second-order valence-corrected chi connectivity index (χ2v) is 7.41. The van der Waals surface area contributed by atoms with Crippen molar-refractivity contribution in [3.05, 3.63) is 35.9 Å². The Labute approximate surface area is 160 Å². The van der Waals surface area contributed by atoms with E-state index in [2.05, 4.69) is 5.32 Å². The molecule has 6 nitrogen and oxygen atoms in total. The number of benzene rings is 1. The van der Waals surface area contributed by atoms with Gasteiger partial charge in [-0.25, -0.2) is 9.69 Å². The zero-order valence-electron chi connectivity index (χ0n) is 15.7. The van der Waals surface area contributed by atoms with E-state index in [4.69, 9.17) is 4.74 Å². The number of carbonyl (C=O) groups is 3. The molecule has 0 spiro atoms. The van der Waals surface area contributed by atoms with Gasteiger partial charge in [-0.1, -0.05) is 62.4 Å². The van der Waals surface area contributed by atoms with Crippen molar-refractivity contribution in [1.82, 2.24) is 10.2 Å². The second-order valence-electron chi connectivity index (χ2n) is 7.41. The Balaban J connectivity index is 1.57. The van der Waals surface area contributed by atoms with Gasteiger partial charge >= 0.3 is 6.09 Å². The van der Waals surface area contributed by atoms with Gasteiger partial charge in [-0.3, -0.25) is 9.59 Å². The lowest BCUT2D eigenvalue weighted by Gasteiger charge is -2.26. The molecule has 0 aromatic heterocycles. The summed E-state index contributed by atoms with van der Waals surface area (Å²) in [5.41, 5.74) is 0.841. The lowest BCUT2D eigenvalue weighted by Crippen LogP contribution is -2.50. The summed E-state index contributed by atoms with van der Waals surface area (Å²) in [6.45, 7) is 0.0837. The molecular weight excluding hydrogens is 344 g/mol. The van der Waals surface area contributed by atoms with Crippen molar-refractivity contribution in [3.63, 3.8) is 0 Å². The molecule has 1 N–H and O–H groups in total. The first-order valence-electron chi connectivity index (χ1n) is 9.98. The molecule has 27 heavy (non-hydrogen) atoms. The molecule has 1 saturated carbocycles. The largest absolute Gasteiger partial charge is 0.444 e. The van der Waals surface area contributed by atoms with E-state index in [9.17, 15) is 14.4 Å². The molecule has 1 atom stereocenters. The van der Waals surface area contributed by atoms with Crippen LogP contribution in [-0.2, 0) is 20.9 Å². The quantitative estimate of drug-likeness (QED) is 0.877. The first kappa shape index (κ1) is 19.4. The lowest BCUT2D eigenvalue weighted by atomic mass is 9.96. The van der Waals surface area contributed by atoms with Crippen LogP contribution in [0.5, 0.6) is 0 Å². The minimum Gasteiger partial charge on any atom is -0.444 e. The van der Waals surface area contributed by atoms with Crippen LogP contribution in [0.2, 0.25) is 0 Å². The summed E-state index contributed by atoms with van der Waals surface area (Å²) in [4.78, 5) is 38.4. The van der Waals surface area contributed by atoms with Crippen LogP contribution in [0.25, 0.3) is 0 Å². The monoisotopic (exact) mass is 372 g/mol. The Hall–Kier alpha value is -2.37. The molecule has 2 fully saturated rings. The fourth-order valence-electron chi connectivity index (χ4n) is 3.85. The van der Waals surface area contributed by atoms with Gasteiger partial charge in [-0.15, -0.1) is 0 Å². The van der Waals surface area contributed by atoms with Gasteiger partial charge in [0.05, 0.1) is 0 Å². The molecule has 1 aliphatic carbocycles. The second kappa shape index (κ2) is 9.53. The van der Waals surface area contributed by atoms with E-state index in [1.54, 1.807) is 0 Å². The van der Waals surface area contributed by atoms with Crippen LogP contribution in [0.15, 0.2) is 30.3 Å². The molecule has 1 saturated heterocycles. The number of amides is 3. The Morgan fingerprint density at radius 2 is 1.67 bits per heavy atom. The average Bonchev–Trinajstić information content (AvgIpc) is 3.04. The standard InChI is InChI=1S/C21H28N2O4/c24-19-14-13-18(20(25)22-17-11-7-2-1-3-8-12-17)23(19)21(26)27-15-16-9-5-4-6-10-16/h4-6,9-10,17-18H,1-3,7-8,11-15H2,(H,22,25)/t18-/m1/s1. The number of rotatable bonds is 4. The van der Waals surface area contributed by atoms with E-state index in [-0.39, 0.29) is 30.9 Å². The number of ether oxygens (including phenoxy) is 1. The average molecular weight is 372 g/mol. The van der Waals surface area contributed by atoms with Crippen molar-refractivity contribution in [2.75, 3.05) is 0 Å². The Kier molecular flexibility index (Phi) is 6.85. The molecular formula is C21H28N2O4. The zero-order valence-corrected chi connectivity index (χ0v) is 15.7. The highest BCUT2D eigenvalue weighted by molar-refractivity contribution is 6.00. The molecule has 1 aromatic carbocycles. The summed E-state index contributed by atoms with van der Waals surface area (Å²) in [5.74, 6) is -0.575. The zero-order chi connectivity index (χ0) is 19.1. The maximum absolute atomic E-state index is 12.7. The summed E-state index contributed by atoms with van der Waals surface area (Å²) >= 11 is 0. The third-order valence-electron chi connectivity index (χ3n) is 5.37. The van der Waals surface area contributed by atoms with Crippen LogP contribution in [0.3, 0.4) is 0 Å². The fourth-order valence-corrected chi connectivity index (χ4v) is 3.85. The first-order chi connectivity index (χ1) is 13.1. The SMILES string of the molecule is O=C(NC1CCCCCCC1)[C@H]1CCC(=O)N1C(=O)OCc1ccccc1. The van der Waals surface area contributed by atoms with E-state index in [0.29, 0.717) is 6.42 Å². The van der Waals surface area contributed by atoms with E-state index >= 15 is 0 Å². The van der Waals surface area contributed by atoms with Gasteiger partial charge < -0.3 is 10.1 Å². The summed E-state index contributed by atoms with van der Waals surface area (Å²) in [7, 11) is 0. The van der Waals surface area contributed by atoms with E-state index in [1.165, 1.54) is 19.3 Å². The third kappa shape index (κ3) is 5.31. The summed E-state index contributed by atoms with van der Waals surface area (Å²) in [6, 6.07) is 8.66. The number of carbonyl (C=O) groups excluding carboxylic acids is 3. The highest BCUT2D eigenvalue weighted by atomic mass is 16.6. The number of nitrogens with zero attached hydrogens (tertiary/aromatic N) is 1. The van der Waals surface area contributed by atoms with Gasteiger partial charge in [0.2, 0.25) is 11.8 Å². The highest BCUT2D eigenvalue weighted by Gasteiger charge is 2.41. The predicted octanol–water partition coefficient (Wildman–Crippen LogP) is 3.54. The van der Waals surface area contributed by atoms with Crippen LogP contribution in [0, 0.1) is 0 Å². The van der Waals surface area contributed by atoms with Crippen LogP contribution in [0.4, 0.5) is 4.79 Å². The highest BCUT2D eigenvalue weighted by Crippen LogP contribution is 2.22. The maximum atomic E-state index is 12.7. The van der Waals surface area contributed by atoms with Crippen molar-refractivity contribution >= 4 is 17.9 Å². The molecule has 146 valence electrons. The van der Waals surface area contributed by atoms with Crippen LogP contribution in [-0.4, -0.2) is 34.9 Å². The number of hydrogen-bond acceptors (Lipinski definition) is 4. The van der Waals surface area contributed by atoms with E-state index in [0.717, 1.165) is 36.1 Å². The molecule has 6 heteroatoms. The predicted molar refractivity (Wildman–Crippen MR) is 101 cm³/mol. The van der Waals surface area contributed by atoms with Crippen molar-refractivity contribution in [3.8, 4) is 0 Å². The van der Waals surface area contributed by atoms with Gasteiger partial charge in [-0.2, -0.15) is 0 Å². The van der Waals surface area contributed by atoms with Crippen molar-refractivity contribution in [2.45, 2.75) is 76.5 Å². The number of hydrogen-bond donors (Lipinski definition) is 1. The maximum Gasteiger partial charge on any atom is 0.417 e. The van der Waals surface area contributed by atoms with Gasteiger partial charge in [0.15, 0.2) is 0 Å². The molecule has 0 bridgehead atoms. The minimum atomic E-state index is -0.758. The lowest BCUT2D eigenvalue weighted by molar-refractivity contribution is -0.134. The van der Waals surface area contributed by atoms with E-state index in [1.807, 2.05) is 30.3 Å². The van der Waals surface area contributed by atoms with Crippen molar-refractivity contribution in [1.29, 1.82) is 0 Å². The van der Waals surface area contributed by atoms with E-state index < -0.39 is 12.1 Å².